The number of ether oxygens (including phenoxy) is 2. The molecule has 0 spiro atoms. The van der Waals surface area contributed by atoms with E-state index < -0.39 is 17.8 Å². The number of rotatable bonds is 6. The van der Waals surface area contributed by atoms with Crippen LogP contribution in [0.1, 0.15) is 31.4 Å². The lowest BCUT2D eigenvalue weighted by Crippen LogP contribution is -2.40. The number of amides is 1. The number of hydrogen-bond donors (Lipinski definition) is 2. The van der Waals surface area contributed by atoms with Crippen molar-refractivity contribution in [2.24, 2.45) is 11.8 Å². The van der Waals surface area contributed by atoms with Gasteiger partial charge < -0.3 is 19.9 Å². The van der Waals surface area contributed by atoms with Crippen molar-refractivity contribution in [1.82, 2.24) is 5.32 Å². The van der Waals surface area contributed by atoms with Crippen LogP contribution in [0.2, 0.25) is 0 Å². The summed E-state index contributed by atoms with van der Waals surface area (Å²) < 4.78 is 23.9. The van der Waals surface area contributed by atoms with Gasteiger partial charge in [-0.3, -0.25) is 4.79 Å². The van der Waals surface area contributed by atoms with Gasteiger partial charge in [0.1, 0.15) is 0 Å². The lowest BCUT2D eigenvalue weighted by Gasteiger charge is -2.28. The van der Waals surface area contributed by atoms with Gasteiger partial charge in [-0.15, -0.1) is 0 Å². The molecule has 1 aliphatic heterocycles. The zero-order chi connectivity index (χ0) is 17.7. The fourth-order valence-electron chi connectivity index (χ4n) is 2.85. The molecule has 2 rings (SSSR count). The molecule has 132 valence electrons. The number of carboxylic acids is 1. The fraction of sp³-hybridized carbons (Fsp3) is 0.529. The minimum absolute atomic E-state index is 0.0183. The summed E-state index contributed by atoms with van der Waals surface area (Å²) in [7, 11) is 1.32. The molecule has 2 N–H and O–H groups in total. The maximum absolute atomic E-state index is 13.8. The van der Waals surface area contributed by atoms with E-state index in [0.717, 1.165) is 18.9 Å². The Morgan fingerprint density at radius 1 is 1.38 bits per heavy atom. The average molecular weight is 339 g/mol. The molecular formula is C17H22FNO5. The average Bonchev–Trinajstić information content (AvgIpc) is 2.59. The second-order valence-corrected chi connectivity index (χ2v) is 5.91. The molecule has 1 heterocycles. The molecule has 0 saturated carbocycles. The normalized spacial score (nSPS) is 17.8. The number of nitrogens with one attached hydrogen (secondary N) is 1. The van der Waals surface area contributed by atoms with Gasteiger partial charge >= 0.3 is 5.97 Å². The van der Waals surface area contributed by atoms with Crippen molar-refractivity contribution in [2.75, 3.05) is 20.3 Å². The minimum Gasteiger partial charge on any atom is -0.494 e. The molecular weight excluding hydrogens is 317 g/mol. The predicted molar refractivity (Wildman–Crippen MR) is 84.2 cm³/mol. The summed E-state index contributed by atoms with van der Waals surface area (Å²) in [5.74, 6) is -2.44. The first-order valence-electron chi connectivity index (χ1n) is 7.88. The van der Waals surface area contributed by atoms with Crippen LogP contribution in [0, 0.1) is 17.7 Å². The molecule has 2 atom stereocenters. The van der Waals surface area contributed by atoms with Crippen LogP contribution in [0.25, 0.3) is 0 Å². The standard InChI is InChI=1S/C17H22FNO5/c1-10(11-5-7-24-8-6-11)16(20)19-15(17(21)22)12-3-4-14(23-2)13(18)9-12/h3-4,9-11,15H,5-8H2,1-2H3,(H,19,20)(H,21,22). The maximum atomic E-state index is 13.8. The van der Waals surface area contributed by atoms with Crippen molar-refractivity contribution in [3.63, 3.8) is 0 Å². The molecule has 1 fully saturated rings. The number of halogens is 1. The molecule has 0 radical (unpaired) electrons. The van der Waals surface area contributed by atoms with Gasteiger partial charge in [-0.1, -0.05) is 13.0 Å². The first-order chi connectivity index (χ1) is 11.4. The summed E-state index contributed by atoms with van der Waals surface area (Å²) >= 11 is 0. The number of benzene rings is 1. The zero-order valence-electron chi connectivity index (χ0n) is 13.8. The SMILES string of the molecule is COc1ccc(C(NC(=O)C(C)C2CCOCC2)C(=O)O)cc1F. The van der Waals surface area contributed by atoms with E-state index in [2.05, 4.69) is 5.32 Å². The smallest absolute Gasteiger partial charge is 0.330 e. The van der Waals surface area contributed by atoms with Crippen LogP contribution >= 0.6 is 0 Å². The predicted octanol–water partition coefficient (Wildman–Crippen LogP) is 2.14. The molecule has 24 heavy (non-hydrogen) atoms. The monoisotopic (exact) mass is 339 g/mol. The van der Waals surface area contributed by atoms with E-state index >= 15 is 0 Å². The quantitative estimate of drug-likeness (QED) is 0.829. The first-order valence-corrected chi connectivity index (χ1v) is 7.88. The van der Waals surface area contributed by atoms with Crippen LogP contribution in [0.4, 0.5) is 4.39 Å². The van der Waals surface area contributed by atoms with Gasteiger partial charge in [-0.25, -0.2) is 9.18 Å². The van der Waals surface area contributed by atoms with Crippen LogP contribution in [0.5, 0.6) is 5.75 Å². The summed E-state index contributed by atoms with van der Waals surface area (Å²) in [4.78, 5) is 23.9. The van der Waals surface area contributed by atoms with Crippen LogP contribution in [-0.4, -0.2) is 37.3 Å². The van der Waals surface area contributed by atoms with E-state index in [0.29, 0.717) is 13.2 Å². The fourth-order valence-corrected chi connectivity index (χ4v) is 2.85. The third-order valence-corrected chi connectivity index (χ3v) is 4.43. The lowest BCUT2D eigenvalue weighted by atomic mass is 9.86. The van der Waals surface area contributed by atoms with Crippen LogP contribution < -0.4 is 10.1 Å². The second-order valence-electron chi connectivity index (χ2n) is 5.91. The summed E-state index contributed by atoms with van der Waals surface area (Å²) in [6.45, 7) is 2.99. The number of aliphatic carboxylic acids is 1. The van der Waals surface area contributed by atoms with Crippen LogP contribution in [0.15, 0.2) is 18.2 Å². The van der Waals surface area contributed by atoms with Crippen molar-refractivity contribution in [3.8, 4) is 5.75 Å². The molecule has 0 aliphatic carbocycles. The largest absolute Gasteiger partial charge is 0.494 e. The highest BCUT2D eigenvalue weighted by atomic mass is 19.1. The molecule has 0 bridgehead atoms. The highest BCUT2D eigenvalue weighted by Gasteiger charge is 2.30. The second kappa shape index (κ2) is 8.10. The summed E-state index contributed by atoms with van der Waals surface area (Å²) in [5.41, 5.74) is 0.160. The van der Waals surface area contributed by atoms with E-state index in [-0.39, 0.29) is 29.1 Å². The Balaban J connectivity index is 2.11. The summed E-state index contributed by atoms with van der Waals surface area (Å²) in [6, 6.07) is 2.53. The topological polar surface area (TPSA) is 84.9 Å². The van der Waals surface area contributed by atoms with Crippen molar-refractivity contribution >= 4 is 11.9 Å². The van der Waals surface area contributed by atoms with E-state index in [9.17, 15) is 19.1 Å². The molecule has 1 aromatic carbocycles. The van der Waals surface area contributed by atoms with Crippen molar-refractivity contribution < 1.29 is 28.6 Å². The van der Waals surface area contributed by atoms with Gasteiger partial charge in [-0.2, -0.15) is 0 Å². The summed E-state index contributed by atoms with van der Waals surface area (Å²) in [5, 5.41) is 11.9. The van der Waals surface area contributed by atoms with Crippen molar-refractivity contribution in [2.45, 2.75) is 25.8 Å². The van der Waals surface area contributed by atoms with E-state index in [1.165, 1.54) is 19.2 Å². The zero-order valence-corrected chi connectivity index (χ0v) is 13.8. The lowest BCUT2D eigenvalue weighted by molar-refractivity contribution is -0.143. The van der Waals surface area contributed by atoms with E-state index in [4.69, 9.17) is 9.47 Å². The Kier molecular flexibility index (Phi) is 6.14. The van der Waals surface area contributed by atoms with Crippen LogP contribution in [-0.2, 0) is 14.3 Å². The molecule has 6 nitrogen and oxygen atoms in total. The number of hydrogen-bond acceptors (Lipinski definition) is 4. The van der Waals surface area contributed by atoms with E-state index in [1.807, 2.05) is 0 Å². The molecule has 1 amide bonds. The number of carbonyl (C=O) groups is 2. The Labute approximate surface area is 139 Å². The Bertz CT molecular complexity index is 601. The maximum Gasteiger partial charge on any atom is 0.330 e. The van der Waals surface area contributed by atoms with Gasteiger partial charge in [0.2, 0.25) is 5.91 Å². The van der Waals surface area contributed by atoms with Gasteiger partial charge in [0.05, 0.1) is 7.11 Å². The van der Waals surface area contributed by atoms with Crippen molar-refractivity contribution in [3.05, 3.63) is 29.6 Å². The molecule has 7 heteroatoms. The number of carbonyl (C=O) groups excluding carboxylic acids is 1. The van der Waals surface area contributed by atoms with Gasteiger partial charge in [0, 0.05) is 19.1 Å². The van der Waals surface area contributed by atoms with Crippen LogP contribution in [0.3, 0.4) is 0 Å². The molecule has 1 aliphatic rings. The number of methoxy groups -OCH3 is 1. The Hall–Kier alpha value is -2.15. The highest BCUT2D eigenvalue weighted by molar-refractivity contribution is 5.85. The molecule has 0 aromatic heterocycles. The summed E-state index contributed by atoms with van der Waals surface area (Å²) in [6.07, 6.45) is 1.53. The first kappa shape index (κ1) is 18.2. The molecule has 1 aromatic rings. The highest BCUT2D eigenvalue weighted by Crippen LogP contribution is 2.26. The molecule has 2 unspecified atom stereocenters. The van der Waals surface area contributed by atoms with Gasteiger partial charge in [0.15, 0.2) is 17.6 Å². The number of carboxylic acid groups (broad SMARTS) is 1. The Morgan fingerprint density at radius 3 is 2.58 bits per heavy atom. The minimum atomic E-state index is -1.31. The molecule has 1 saturated heterocycles. The van der Waals surface area contributed by atoms with E-state index in [1.54, 1.807) is 6.92 Å². The van der Waals surface area contributed by atoms with Crippen molar-refractivity contribution in [1.29, 1.82) is 0 Å². The van der Waals surface area contributed by atoms with Gasteiger partial charge in [-0.05, 0) is 36.5 Å². The Morgan fingerprint density at radius 2 is 2.04 bits per heavy atom. The van der Waals surface area contributed by atoms with Gasteiger partial charge in [0.25, 0.3) is 0 Å². The third kappa shape index (κ3) is 4.23. The third-order valence-electron chi connectivity index (χ3n) is 4.43.